The highest BCUT2D eigenvalue weighted by atomic mass is 16.6. The molecule has 0 fully saturated rings. The molecule has 0 saturated carbocycles. The summed E-state index contributed by atoms with van der Waals surface area (Å²) in [5.74, 6) is 0.585. The molecule has 0 aromatic heterocycles. The Morgan fingerprint density at radius 3 is 2.75 bits per heavy atom. The van der Waals surface area contributed by atoms with Crippen molar-refractivity contribution in [3.8, 4) is 5.75 Å². The van der Waals surface area contributed by atoms with E-state index in [1.807, 2.05) is 18.2 Å². The maximum atomic E-state index is 10.8. The summed E-state index contributed by atoms with van der Waals surface area (Å²) in [6, 6.07) is 14.9. The van der Waals surface area contributed by atoms with E-state index in [4.69, 9.17) is 4.74 Å². The van der Waals surface area contributed by atoms with Gasteiger partial charge in [0.2, 0.25) is 0 Å². The summed E-state index contributed by atoms with van der Waals surface area (Å²) in [6.45, 7) is 2.09. The second-order valence-corrected chi connectivity index (χ2v) is 4.66. The Morgan fingerprint density at radius 1 is 1.20 bits per heavy atom. The van der Waals surface area contributed by atoms with Crippen LogP contribution in [0.15, 0.2) is 48.5 Å². The van der Waals surface area contributed by atoms with Gasteiger partial charge in [-0.3, -0.25) is 10.1 Å². The van der Waals surface area contributed by atoms with Gasteiger partial charge in [0, 0.05) is 12.6 Å². The van der Waals surface area contributed by atoms with Gasteiger partial charge < -0.3 is 9.64 Å². The number of rotatable bonds is 3. The van der Waals surface area contributed by atoms with E-state index in [2.05, 4.69) is 17.0 Å². The minimum absolute atomic E-state index is 0.0605. The number of hydrogen-bond donors (Lipinski definition) is 0. The lowest BCUT2D eigenvalue weighted by molar-refractivity contribution is -0.384. The van der Waals surface area contributed by atoms with Crippen molar-refractivity contribution in [2.45, 2.75) is 6.54 Å². The summed E-state index contributed by atoms with van der Waals surface area (Å²) in [4.78, 5) is 12.6. The Balaban J connectivity index is 1.88. The van der Waals surface area contributed by atoms with Crippen LogP contribution in [0.25, 0.3) is 0 Å². The van der Waals surface area contributed by atoms with Crippen molar-refractivity contribution in [1.29, 1.82) is 0 Å². The summed E-state index contributed by atoms with van der Waals surface area (Å²) in [6.07, 6.45) is 0. The van der Waals surface area contributed by atoms with Crippen molar-refractivity contribution < 1.29 is 9.66 Å². The number of ether oxygens (including phenoxy) is 1. The van der Waals surface area contributed by atoms with E-state index < -0.39 is 4.92 Å². The molecule has 3 rings (SSSR count). The van der Waals surface area contributed by atoms with E-state index in [0.717, 1.165) is 18.8 Å². The van der Waals surface area contributed by atoms with E-state index in [1.165, 1.54) is 17.7 Å². The summed E-state index contributed by atoms with van der Waals surface area (Å²) >= 11 is 0. The van der Waals surface area contributed by atoms with Crippen molar-refractivity contribution in [2.24, 2.45) is 0 Å². The van der Waals surface area contributed by atoms with Crippen LogP contribution in [0.3, 0.4) is 0 Å². The summed E-state index contributed by atoms with van der Waals surface area (Å²) in [7, 11) is 0. The maximum Gasteiger partial charge on any atom is 0.273 e. The fourth-order valence-electron chi connectivity index (χ4n) is 2.35. The van der Waals surface area contributed by atoms with Crippen LogP contribution < -0.4 is 9.64 Å². The zero-order valence-corrected chi connectivity index (χ0v) is 10.9. The molecule has 0 atom stereocenters. The quantitative estimate of drug-likeness (QED) is 0.635. The SMILES string of the molecule is O=[N+]([O-])c1ccc2c(c1)OCCN2Cc1ccccc1. The molecule has 5 heteroatoms. The van der Waals surface area contributed by atoms with Crippen LogP contribution in [0.4, 0.5) is 11.4 Å². The number of non-ortho nitro benzene ring substituents is 1. The smallest absolute Gasteiger partial charge is 0.273 e. The van der Waals surface area contributed by atoms with E-state index in [1.54, 1.807) is 6.07 Å². The van der Waals surface area contributed by atoms with Crippen molar-refractivity contribution in [2.75, 3.05) is 18.1 Å². The van der Waals surface area contributed by atoms with Gasteiger partial charge in [-0.05, 0) is 11.6 Å². The van der Waals surface area contributed by atoms with Gasteiger partial charge in [0.1, 0.15) is 12.4 Å². The third-order valence-corrected chi connectivity index (χ3v) is 3.33. The Hall–Kier alpha value is -2.56. The number of nitrogens with zero attached hydrogens (tertiary/aromatic N) is 2. The first-order valence-electron chi connectivity index (χ1n) is 6.44. The number of nitro groups is 1. The van der Waals surface area contributed by atoms with Gasteiger partial charge in [0.25, 0.3) is 5.69 Å². The van der Waals surface area contributed by atoms with Crippen LogP contribution in [-0.4, -0.2) is 18.1 Å². The van der Waals surface area contributed by atoms with Gasteiger partial charge in [0.05, 0.1) is 23.2 Å². The van der Waals surface area contributed by atoms with E-state index >= 15 is 0 Å². The first kappa shape index (κ1) is 12.5. The molecule has 102 valence electrons. The monoisotopic (exact) mass is 270 g/mol. The minimum atomic E-state index is -0.403. The average molecular weight is 270 g/mol. The van der Waals surface area contributed by atoms with Crippen LogP contribution in [-0.2, 0) is 6.54 Å². The summed E-state index contributed by atoms with van der Waals surface area (Å²) in [5, 5.41) is 10.8. The lowest BCUT2D eigenvalue weighted by atomic mass is 10.1. The molecular formula is C15H14N2O3. The minimum Gasteiger partial charge on any atom is -0.489 e. The van der Waals surface area contributed by atoms with Crippen LogP contribution in [0.2, 0.25) is 0 Å². The van der Waals surface area contributed by atoms with E-state index in [9.17, 15) is 10.1 Å². The Kier molecular flexibility index (Phi) is 3.25. The largest absolute Gasteiger partial charge is 0.489 e. The van der Waals surface area contributed by atoms with E-state index in [-0.39, 0.29) is 5.69 Å². The molecule has 20 heavy (non-hydrogen) atoms. The topological polar surface area (TPSA) is 55.6 Å². The number of benzene rings is 2. The molecule has 5 nitrogen and oxygen atoms in total. The lowest BCUT2D eigenvalue weighted by Gasteiger charge is -2.31. The third-order valence-electron chi connectivity index (χ3n) is 3.33. The van der Waals surface area contributed by atoms with Crippen molar-refractivity contribution in [3.05, 3.63) is 64.2 Å². The van der Waals surface area contributed by atoms with Crippen LogP contribution in [0, 0.1) is 10.1 Å². The van der Waals surface area contributed by atoms with Crippen LogP contribution in [0.5, 0.6) is 5.75 Å². The Bertz CT molecular complexity index is 628. The van der Waals surface area contributed by atoms with E-state index in [0.29, 0.717) is 12.4 Å². The zero-order chi connectivity index (χ0) is 13.9. The number of anilines is 1. The van der Waals surface area contributed by atoms with Crippen molar-refractivity contribution in [3.63, 3.8) is 0 Å². The van der Waals surface area contributed by atoms with Gasteiger partial charge in [-0.1, -0.05) is 30.3 Å². The molecule has 0 saturated heterocycles. The zero-order valence-electron chi connectivity index (χ0n) is 10.9. The average Bonchev–Trinajstić information content (AvgIpc) is 2.48. The normalized spacial score (nSPS) is 13.5. The molecule has 0 aliphatic carbocycles. The molecule has 2 aromatic rings. The molecule has 1 heterocycles. The number of nitro benzene ring substituents is 1. The molecule has 0 N–H and O–H groups in total. The Labute approximate surface area is 116 Å². The molecular weight excluding hydrogens is 256 g/mol. The fraction of sp³-hybridized carbons (Fsp3) is 0.200. The van der Waals surface area contributed by atoms with Gasteiger partial charge >= 0.3 is 0 Å². The second-order valence-electron chi connectivity index (χ2n) is 4.66. The molecule has 0 amide bonds. The van der Waals surface area contributed by atoms with Crippen molar-refractivity contribution in [1.82, 2.24) is 0 Å². The lowest BCUT2D eigenvalue weighted by Crippen LogP contribution is -2.32. The highest BCUT2D eigenvalue weighted by molar-refractivity contribution is 5.63. The molecule has 0 bridgehead atoms. The van der Waals surface area contributed by atoms with Crippen LogP contribution in [0.1, 0.15) is 5.56 Å². The standard InChI is InChI=1S/C15H14N2O3/c18-17(19)13-6-7-14-15(10-13)20-9-8-16(14)11-12-4-2-1-3-5-12/h1-7,10H,8-9,11H2. The molecule has 0 spiro atoms. The maximum absolute atomic E-state index is 10.8. The number of hydrogen-bond acceptors (Lipinski definition) is 4. The predicted molar refractivity (Wildman–Crippen MR) is 76.1 cm³/mol. The molecule has 0 radical (unpaired) electrons. The predicted octanol–water partition coefficient (Wildman–Crippen LogP) is 2.99. The first-order valence-corrected chi connectivity index (χ1v) is 6.44. The van der Waals surface area contributed by atoms with Gasteiger partial charge in [-0.2, -0.15) is 0 Å². The van der Waals surface area contributed by atoms with Crippen molar-refractivity contribution >= 4 is 11.4 Å². The third kappa shape index (κ3) is 2.42. The highest BCUT2D eigenvalue weighted by Crippen LogP contribution is 2.35. The molecule has 1 aliphatic rings. The fourth-order valence-corrected chi connectivity index (χ4v) is 2.35. The molecule has 1 aliphatic heterocycles. The summed E-state index contributed by atoms with van der Waals surface area (Å²) in [5.41, 5.74) is 2.18. The summed E-state index contributed by atoms with van der Waals surface area (Å²) < 4.78 is 5.54. The van der Waals surface area contributed by atoms with Gasteiger partial charge in [-0.25, -0.2) is 0 Å². The number of fused-ring (bicyclic) bond motifs is 1. The highest BCUT2D eigenvalue weighted by Gasteiger charge is 2.21. The Morgan fingerprint density at radius 2 is 2.00 bits per heavy atom. The van der Waals surface area contributed by atoms with Crippen LogP contribution >= 0.6 is 0 Å². The molecule has 2 aromatic carbocycles. The van der Waals surface area contributed by atoms with Gasteiger partial charge in [-0.15, -0.1) is 0 Å². The molecule has 0 unspecified atom stereocenters. The second kappa shape index (κ2) is 5.21. The van der Waals surface area contributed by atoms with Gasteiger partial charge in [0.15, 0.2) is 0 Å². The first-order chi connectivity index (χ1) is 9.74.